The number of aromatic carboxylic acids is 1. The Bertz CT molecular complexity index is 1660. The summed E-state index contributed by atoms with van der Waals surface area (Å²) in [5, 5.41) is 15.0. The number of aromatic nitrogens is 1. The highest BCUT2D eigenvalue weighted by Gasteiger charge is 2.34. The van der Waals surface area contributed by atoms with Gasteiger partial charge in [0.2, 0.25) is 0 Å². The molecule has 11 heteroatoms. The number of carboxylic acids is 1. The van der Waals surface area contributed by atoms with Crippen LogP contribution in [0.5, 0.6) is 0 Å². The van der Waals surface area contributed by atoms with E-state index in [-0.39, 0.29) is 35.3 Å². The third-order valence-corrected chi connectivity index (χ3v) is 7.00. The molecule has 1 saturated heterocycles. The van der Waals surface area contributed by atoms with Crippen LogP contribution >= 0.6 is 0 Å². The van der Waals surface area contributed by atoms with Gasteiger partial charge in [-0.1, -0.05) is 42.5 Å². The number of benzene rings is 3. The number of H-pyrrole nitrogens is 1. The average Bonchev–Trinajstić information content (AvgIpc) is 3.42. The standard InChI is InChI=1S/C30H27N5O6/c1-18-17-34(27(37)19-8-3-2-4-9-19)14-15-35(18)28(38)26(36)22-16-31-25-20(22)11-7-13-24(25)33-30(41)32-23-12-6-5-10-21(23)29(39)40/h2-13,16,18,31H,14-15,17H2,1H3,(H,39,40)(H2,32,33,41)/t18-/m1/s1. The molecule has 208 valence electrons. The second-order valence-corrected chi connectivity index (χ2v) is 9.65. The van der Waals surface area contributed by atoms with Gasteiger partial charge in [-0.15, -0.1) is 0 Å². The van der Waals surface area contributed by atoms with Gasteiger partial charge in [0.15, 0.2) is 0 Å². The summed E-state index contributed by atoms with van der Waals surface area (Å²) in [7, 11) is 0. The number of anilines is 2. The van der Waals surface area contributed by atoms with E-state index < -0.39 is 23.7 Å². The molecule has 0 spiro atoms. The predicted octanol–water partition coefficient (Wildman–Crippen LogP) is 4.07. The highest BCUT2D eigenvalue weighted by atomic mass is 16.4. The SMILES string of the molecule is C[C@@H]1CN(C(=O)c2ccccc2)CCN1C(=O)C(=O)c1c[nH]c2c(NC(=O)Nc3ccccc3C(=O)O)cccc12. The Morgan fingerprint density at radius 1 is 0.829 bits per heavy atom. The first-order valence-corrected chi connectivity index (χ1v) is 12.9. The van der Waals surface area contributed by atoms with Crippen LogP contribution in [-0.4, -0.2) is 75.2 Å². The molecule has 0 radical (unpaired) electrons. The molecule has 1 aliphatic rings. The lowest BCUT2D eigenvalue weighted by Crippen LogP contribution is -2.56. The summed E-state index contributed by atoms with van der Waals surface area (Å²) in [6.45, 7) is 2.62. The number of nitrogens with one attached hydrogen (secondary N) is 3. The molecule has 4 N–H and O–H groups in total. The van der Waals surface area contributed by atoms with E-state index in [1.54, 1.807) is 66.4 Å². The van der Waals surface area contributed by atoms with Gasteiger partial charge < -0.3 is 30.5 Å². The lowest BCUT2D eigenvalue weighted by molar-refractivity contribution is -0.130. The minimum absolute atomic E-state index is 0.0633. The third kappa shape index (κ3) is 5.50. The molecule has 0 aliphatic carbocycles. The van der Waals surface area contributed by atoms with Crippen molar-refractivity contribution < 1.29 is 29.1 Å². The Kier molecular flexibility index (Phi) is 7.51. The van der Waals surface area contributed by atoms with Crippen LogP contribution in [0.2, 0.25) is 0 Å². The van der Waals surface area contributed by atoms with E-state index in [9.17, 15) is 29.1 Å². The van der Waals surface area contributed by atoms with Crippen LogP contribution in [0.25, 0.3) is 10.9 Å². The molecule has 11 nitrogen and oxygen atoms in total. The topological polar surface area (TPSA) is 152 Å². The number of carboxylic acid groups (broad SMARTS) is 1. The number of aromatic amines is 1. The van der Waals surface area contributed by atoms with E-state index in [4.69, 9.17) is 0 Å². The molecular formula is C30H27N5O6. The zero-order valence-corrected chi connectivity index (χ0v) is 22.1. The molecule has 1 fully saturated rings. The zero-order chi connectivity index (χ0) is 29.1. The smallest absolute Gasteiger partial charge is 0.337 e. The van der Waals surface area contributed by atoms with Gasteiger partial charge in [0.25, 0.3) is 17.6 Å². The van der Waals surface area contributed by atoms with Crippen LogP contribution in [0.15, 0.2) is 79.0 Å². The highest BCUT2D eigenvalue weighted by molar-refractivity contribution is 6.45. The van der Waals surface area contributed by atoms with Gasteiger partial charge in [0, 0.05) is 42.8 Å². The molecule has 3 aromatic carbocycles. The number of nitrogens with zero attached hydrogens (tertiary/aromatic N) is 2. The summed E-state index contributed by atoms with van der Waals surface area (Å²) in [6.07, 6.45) is 1.42. The minimum atomic E-state index is -1.18. The zero-order valence-electron chi connectivity index (χ0n) is 22.1. The number of piperazine rings is 1. The van der Waals surface area contributed by atoms with E-state index in [1.165, 1.54) is 23.2 Å². The number of amides is 4. The van der Waals surface area contributed by atoms with Crippen molar-refractivity contribution >= 4 is 51.9 Å². The van der Waals surface area contributed by atoms with Crippen molar-refractivity contribution in [2.24, 2.45) is 0 Å². The van der Waals surface area contributed by atoms with Gasteiger partial charge in [-0.05, 0) is 37.3 Å². The van der Waals surface area contributed by atoms with Crippen LogP contribution < -0.4 is 10.6 Å². The van der Waals surface area contributed by atoms with Crippen LogP contribution in [0, 0.1) is 0 Å². The number of para-hydroxylation sites is 2. The number of carbonyl (C=O) groups excluding carboxylic acids is 4. The van der Waals surface area contributed by atoms with Gasteiger partial charge in [-0.2, -0.15) is 0 Å². The van der Waals surface area contributed by atoms with E-state index in [0.29, 0.717) is 35.2 Å². The summed E-state index contributed by atoms with van der Waals surface area (Å²) in [4.78, 5) is 69.7. The first-order chi connectivity index (χ1) is 19.7. The number of rotatable bonds is 6. The summed E-state index contributed by atoms with van der Waals surface area (Å²) >= 11 is 0. The lowest BCUT2D eigenvalue weighted by atomic mass is 10.1. The molecule has 4 amide bonds. The monoisotopic (exact) mass is 553 g/mol. The van der Waals surface area contributed by atoms with Crippen molar-refractivity contribution in [3.05, 3.63) is 95.7 Å². The Morgan fingerprint density at radius 2 is 1.51 bits per heavy atom. The van der Waals surface area contributed by atoms with Crippen LogP contribution in [0.1, 0.15) is 38.0 Å². The molecule has 41 heavy (non-hydrogen) atoms. The molecular weight excluding hydrogens is 526 g/mol. The number of hydrogen-bond donors (Lipinski definition) is 4. The number of fused-ring (bicyclic) bond motifs is 1. The van der Waals surface area contributed by atoms with E-state index in [0.717, 1.165) is 0 Å². The average molecular weight is 554 g/mol. The largest absolute Gasteiger partial charge is 0.478 e. The molecule has 0 bridgehead atoms. The fourth-order valence-corrected chi connectivity index (χ4v) is 4.95. The lowest BCUT2D eigenvalue weighted by Gasteiger charge is -2.39. The number of ketones is 1. The maximum absolute atomic E-state index is 13.3. The van der Waals surface area contributed by atoms with E-state index in [1.807, 2.05) is 6.07 Å². The molecule has 5 rings (SSSR count). The van der Waals surface area contributed by atoms with Crippen molar-refractivity contribution in [3.8, 4) is 0 Å². The van der Waals surface area contributed by atoms with Gasteiger partial charge in [0.1, 0.15) is 0 Å². The Hall–Kier alpha value is -5.45. The summed E-state index contributed by atoms with van der Waals surface area (Å²) in [6, 6.07) is 18.8. The number of hydrogen-bond acceptors (Lipinski definition) is 5. The van der Waals surface area contributed by atoms with Crippen molar-refractivity contribution in [1.82, 2.24) is 14.8 Å². The second kappa shape index (κ2) is 11.3. The van der Waals surface area contributed by atoms with Crippen LogP contribution in [0.4, 0.5) is 16.2 Å². The maximum Gasteiger partial charge on any atom is 0.337 e. The maximum atomic E-state index is 13.3. The predicted molar refractivity (Wildman–Crippen MR) is 152 cm³/mol. The van der Waals surface area contributed by atoms with Gasteiger partial charge in [0.05, 0.1) is 28.0 Å². The second-order valence-electron chi connectivity index (χ2n) is 9.65. The molecule has 2 heterocycles. The minimum Gasteiger partial charge on any atom is -0.478 e. The first-order valence-electron chi connectivity index (χ1n) is 12.9. The van der Waals surface area contributed by atoms with Crippen LogP contribution in [-0.2, 0) is 4.79 Å². The van der Waals surface area contributed by atoms with E-state index in [2.05, 4.69) is 15.6 Å². The normalized spacial score (nSPS) is 14.9. The quantitative estimate of drug-likeness (QED) is 0.209. The van der Waals surface area contributed by atoms with Crippen molar-refractivity contribution in [2.75, 3.05) is 30.3 Å². The van der Waals surface area contributed by atoms with Crippen LogP contribution in [0.3, 0.4) is 0 Å². The summed E-state index contributed by atoms with van der Waals surface area (Å²) in [5.41, 5.74) is 1.54. The van der Waals surface area contributed by atoms with Crippen molar-refractivity contribution in [3.63, 3.8) is 0 Å². The fourth-order valence-electron chi connectivity index (χ4n) is 4.95. The van der Waals surface area contributed by atoms with Crippen molar-refractivity contribution in [2.45, 2.75) is 13.0 Å². The van der Waals surface area contributed by atoms with Gasteiger partial charge >= 0.3 is 12.0 Å². The fraction of sp³-hybridized carbons (Fsp3) is 0.167. The van der Waals surface area contributed by atoms with Crippen molar-refractivity contribution in [1.29, 1.82) is 0 Å². The molecule has 1 atom stereocenters. The number of carbonyl (C=O) groups is 5. The molecule has 1 aromatic heterocycles. The number of urea groups is 1. The van der Waals surface area contributed by atoms with Gasteiger partial charge in [-0.3, -0.25) is 14.4 Å². The molecule has 0 saturated carbocycles. The molecule has 4 aromatic rings. The highest BCUT2D eigenvalue weighted by Crippen LogP contribution is 2.27. The third-order valence-electron chi connectivity index (χ3n) is 7.00. The summed E-state index contributed by atoms with van der Waals surface area (Å²) in [5.74, 6) is -2.68. The van der Waals surface area contributed by atoms with Gasteiger partial charge in [-0.25, -0.2) is 9.59 Å². The first kappa shape index (κ1) is 27.1. The molecule has 1 aliphatic heterocycles. The van der Waals surface area contributed by atoms with E-state index >= 15 is 0 Å². The Labute approximate surface area is 234 Å². The summed E-state index contributed by atoms with van der Waals surface area (Å²) < 4.78 is 0. The Balaban J connectivity index is 1.28. The Morgan fingerprint density at radius 3 is 2.24 bits per heavy atom. The number of Topliss-reactive ketones (excluding diaryl/α,β-unsaturated/α-hetero) is 1. The molecule has 0 unspecified atom stereocenters.